The second-order valence-corrected chi connectivity index (χ2v) is 9.23. The Morgan fingerprint density at radius 1 is 1.06 bits per heavy atom. The van der Waals surface area contributed by atoms with Crippen molar-refractivity contribution in [2.45, 2.75) is 57.8 Å². The monoisotopic (exact) mass is 427 g/mol. The fourth-order valence-electron chi connectivity index (χ4n) is 4.02. The first-order chi connectivity index (χ1) is 14.8. The van der Waals surface area contributed by atoms with Gasteiger partial charge < -0.3 is 24.6 Å². The van der Waals surface area contributed by atoms with Crippen LogP contribution in [-0.4, -0.2) is 44.1 Å². The number of β-amino-alcohol motifs (C(OH)–C–C–N with tert-alkyl or cyclic N) is 1. The number of aryl methyl sites for hydroxylation is 1. The van der Waals surface area contributed by atoms with E-state index >= 15 is 0 Å². The molecule has 0 radical (unpaired) electrons. The van der Waals surface area contributed by atoms with E-state index in [1.54, 1.807) is 14.2 Å². The summed E-state index contributed by atoms with van der Waals surface area (Å²) in [4.78, 5) is 0. The summed E-state index contributed by atoms with van der Waals surface area (Å²) in [7, 11) is 3.28. The van der Waals surface area contributed by atoms with Crippen molar-refractivity contribution >= 4 is 0 Å². The van der Waals surface area contributed by atoms with E-state index in [0.29, 0.717) is 19.1 Å². The molecule has 2 atom stereocenters. The molecule has 1 aliphatic carbocycles. The first kappa shape index (κ1) is 23.6. The van der Waals surface area contributed by atoms with Crippen molar-refractivity contribution in [3.05, 3.63) is 59.2 Å². The second-order valence-electron chi connectivity index (χ2n) is 9.23. The lowest BCUT2D eigenvalue weighted by atomic mass is 9.94. The summed E-state index contributed by atoms with van der Waals surface area (Å²) >= 11 is 0. The molecular weight excluding hydrogens is 390 g/mol. The molecule has 0 amide bonds. The molecule has 0 bridgehead atoms. The van der Waals surface area contributed by atoms with Gasteiger partial charge in [-0.25, -0.2) is 0 Å². The van der Waals surface area contributed by atoms with Crippen molar-refractivity contribution in [2.24, 2.45) is 5.92 Å². The molecule has 2 aromatic rings. The van der Waals surface area contributed by atoms with Crippen molar-refractivity contribution < 1.29 is 19.3 Å². The Morgan fingerprint density at radius 3 is 2.42 bits per heavy atom. The van der Waals surface area contributed by atoms with E-state index in [1.807, 2.05) is 18.2 Å². The van der Waals surface area contributed by atoms with Crippen LogP contribution in [0.5, 0.6) is 11.5 Å². The van der Waals surface area contributed by atoms with Crippen molar-refractivity contribution in [3.63, 3.8) is 0 Å². The van der Waals surface area contributed by atoms with Crippen molar-refractivity contribution in [1.82, 2.24) is 5.32 Å². The van der Waals surface area contributed by atoms with Gasteiger partial charge in [0.25, 0.3) is 0 Å². The molecule has 0 saturated heterocycles. The van der Waals surface area contributed by atoms with Gasteiger partial charge in [-0.15, -0.1) is 0 Å². The van der Waals surface area contributed by atoms with E-state index in [4.69, 9.17) is 14.2 Å². The molecule has 2 unspecified atom stereocenters. The quantitative estimate of drug-likeness (QED) is 0.524. The van der Waals surface area contributed by atoms with E-state index in [9.17, 15) is 5.11 Å². The van der Waals surface area contributed by atoms with Gasteiger partial charge in [0.05, 0.1) is 33.0 Å². The summed E-state index contributed by atoms with van der Waals surface area (Å²) in [6, 6.07) is 14.4. The van der Waals surface area contributed by atoms with Gasteiger partial charge in [0, 0.05) is 12.1 Å². The maximum Gasteiger partial charge on any atom is 0.160 e. The van der Waals surface area contributed by atoms with E-state index in [1.165, 1.54) is 24.0 Å². The lowest BCUT2D eigenvalue weighted by Gasteiger charge is -2.29. The van der Waals surface area contributed by atoms with Gasteiger partial charge in [-0.3, -0.25) is 0 Å². The normalized spacial score (nSPS) is 16.1. The molecule has 1 aliphatic rings. The lowest BCUT2D eigenvalue weighted by Crippen LogP contribution is -2.46. The molecule has 1 fully saturated rings. The van der Waals surface area contributed by atoms with Crippen LogP contribution in [0.4, 0.5) is 0 Å². The molecule has 0 aromatic heterocycles. The maximum atomic E-state index is 10.6. The number of methoxy groups -OCH3 is 2. The molecule has 0 aliphatic heterocycles. The zero-order valence-electron chi connectivity index (χ0n) is 19.5. The predicted octanol–water partition coefficient (Wildman–Crippen LogP) is 4.45. The summed E-state index contributed by atoms with van der Waals surface area (Å²) in [6.07, 6.45) is 2.72. The summed E-state index contributed by atoms with van der Waals surface area (Å²) in [5.74, 6) is 2.03. The van der Waals surface area contributed by atoms with Crippen LogP contribution in [0.1, 0.15) is 49.5 Å². The van der Waals surface area contributed by atoms with Crippen molar-refractivity contribution in [2.75, 3.05) is 27.4 Å². The lowest BCUT2D eigenvalue weighted by molar-refractivity contribution is -0.0213. The average Bonchev–Trinajstić information content (AvgIpc) is 3.58. The number of nitrogens with one attached hydrogen (secondary N) is 1. The van der Waals surface area contributed by atoms with Gasteiger partial charge in [0.2, 0.25) is 0 Å². The largest absolute Gasteiger partial charge is 0.493 e. The Balaban J connectivity index is 1.51. The topological polar surface area (TPSA) is 60.0 Å². The number of aliphatic hydroxyl groups excluding tert-OH is 1. The van der Waals surface area contributed by atoms with Gasteiger partial charge in [0.1, 0.15) is 0 Å². The molecule has 170 valence electrons. The molecule has 2 aromatic carbocycles. The van der Waals surface area contributed by atoms with Gasteiger partial charge in [0.15, 0.2) is 11.5 Å². The number of aliphatic hydroxyl groups is 1. The Bertz CT molecular complexity index is 847. The van der Waals surface area contributed by atoms with Gasteiger partial charge in [-0.1, -0.05) is 30.3 Å². The van der Waals surface area contributed by atoms with Crippen LogP contribution in [0.25, 0.3) is 0 Å². The summed E-state index contributed by atoms with van der Waals surface area (Å²) in [6.45, 7) is 7.21. The molecular formula is C26H37NO4. The molecule has 5 nitrogen and oxygen atoms in total. The van der Waals surface area contributed by atoms with Crippen LogP contribution in [0.2, 0.25) is 0 Å². The minimum Gasteiger partial charge on any atom is -0.493 e. The first-order valence-electron chi connectivity index (χ1n) is 11.1. The summed E-state index contributed by atoms with van der Waals surface area (Å²) in [5, 5.41) is 14.1. The van der Waals surface area contributed by atoms with Crippen LogP contribution in [0.3, 0.4) is 0 Å². The number of hydrogen-bond acceptors (Lipinski definition) is 5. The zero-order chi connectivity index (χ0) is 22.4. The second kappa shape index (κ2) is 10.5. The van der Waals surface area contributed by atoms with Crippen LogP contribution in [-0.2, 0) is 11.2 Å². The highest BCUT2D eigenvalue weighted by Crippen LogP contribution is 2.44. The molecule has 0 heterocycles. The van der Waals surface area contributed by atoms with E-state index < -0.39 is 6.10 Å². The number of ether oxygens (including phenoxy) is 3. The molecule has 31 heavy (non-hydrogen) atoms. The first-order valence-corrected chi connectivity index (χ1v) is 11.1. The highest BCUT2D eigenvalue weighted by Gasteiger charge is 2.34. The molecule has 1 saturated carbocycles. The van der Waals surface area contributed by atoms with Gasteiger partial charge >= 0.3 is 0 Å². The average molecular weight is 428 g/mol. The van der Waals surface area contributed by atoms with E-state index in [2.05, 4.69) is 50.4 Å². The van der Waals surface area contributed by atoms with E-state index in [-0.39, 0.29) is 11.6 Å². The molecule has 2 N–H and O–H groups in total. The Morgan fingerprint density at radius 2 is 1.77 bits per heavy atom. The van der Waals surface area contributed by atoms with Crippen molar-refractivity contribution in [3.8, 4) is 11.5 Å². The Kier molecular flexibility index (Phi) is 7.98. The maximum absolute atomic E-state index is 10.6. The summed E-state index contributed by atoms with van der Waals surface area (Å²) in [5.41, 5.74) is 3.46. The van der Waals surface area contributed by atoms with Crippen LogP contribution in [0.15, 0.2) is 42.5 Å². The number of rotatable bonds is 12. The fourth-order valence-corrected chi connectivity index (χ4v) is 4.02. The highest BCUT2D eigenvalue weighted by atomic mass is 16.5. The minimum absolute atomic E-state index is 0.0793. The third-order valence-electron chi connectivity index (χ3n) is 5.92. The SMILES string of the molecule is COc1ccc(CC(C)(C)NCC(O)COC(c2ccccc2C)C2CC2)cc1OC. The van der Waals surface area contributed by atoms with Crippen LogP contribution >= 0.6 is 0 Å². The van der Waals surface area contributed by atoms with Crippen LogP contribution < -0.4 is 14.8 Å². The smallest absolute Gasteiger partial charge is 0.160 e. The van der Waals surface area contributed by atoms with Crippen LogP contribution in [0, 0.1) is 12.8 Å². The third-order valence-corrected chi connectivity index (χ3v) is 5.92. The summed E-state index contributed by atoms with van der Waals surface area (Å²) < 4.78 is 16.9. The number of benzene rings is 2. The zero-order valence-corrected chi connectivity index (χ0v) is 19.5. The van der Waals surface area contributed by atoms with Crippen molar-refractivity contribution in [1.29, 1.82) is 0 Å². The Hall–Kier alpha value is -2.08. The van der Waals surface area contributed by atoms with Gasteiger partial charge in [-0.2, -0.15) is 0 Å². The standard InChI is InChI=1S/C26H37NO4/c1-18-8-6-7-9-22(18)25(20-11-12-20)31-17-21(28)16-27-26(2,3)15-19-10-13-23(29-4)24(14-19)30-5/h6-10,13-14,20-21,25,27-28H,11-12,15-17H2,1-5H3. The Labute approximate surface area is 186 Å². The third kappa shape index (κ3) is 6.70. The highest BCUT2D eigenvalue weighted by molar-refractivity contribution is 5.43. The fraction of sp³-hybridized carbons (Fsp3) is 0.538. The predicted molar refractivity (Wildman–Crippen MR) is 124 cm³/mol. The van der Waals surface area contributed by atoms with Gasteiger partial charge in [-0.05, 0) is 74.8 Å². The van der Waals surface area contributed by atoms with E-state index in [0.717, 1.165) is 23.5 Å². The molecule has 5 heteroatoms. The minimum atomic E-state index is -0.560. The molecule has 0 spiro atoms. The number of hydrogen-bond donors (Lipinski definition) is 2. The molecule has 3 rings (SSSR count).